The summed E-state index contributed by atoms with van der Waals surface area (Å²) in [5, 5.41) is 18.0. The maximum Gasteiger partial charge on any atom is 0.324 e. The zero-order valence-corrected chi connectivity index (χ0v) is 12.0. The Morgan fingerprint density at radius 3 is 2.71 bits per heavy atom. The monoisotopic (exact) mass is 287 g/mol. The number of benzene rings is 1. The van der Waals surface area contributed by atoms with E-state index in [4.69, 9.17) is 10.4 Å². The van der Waals surface area contributed by atoms with Crippen molar-refractivity contribution in [2.75, 3.05) is 25.0 Å². The molecule has 1 saturated heterocycles. The highest BCUT2D eigenvalue weighted by Crippen LogP contribution is 2.25. The number of carboxylic acids is 1. The number of carboxylic acid groups (broad SMARTS) is 1. The number of carbonyl (C=O) groups excluding carboxylic acids is 1. The van der Waals surface area contributed by atoms with Crippen molar-refractivity contribution >= 4 is 17.7 Å². The number of hydrogen-bond donors (Lipinski definition) is 1. The van der Waals surface area contributed by atoms with Gasteiger partial charge in [0.1, 0.15) is 0 Å². The van der Waals surface area contributed by atoms with Crippen LogP contribution in [0.15, 0.2) is 24.3 Å². The summed E-state index contributed by atoms with van der Waals surface area (Å²) in [7, 11) is 1.62. The molecule has 6 heteroatoms. The lowest BCUT2D eigenvalue weighted by molar-refractivity contribution is -0.142. The number of carbonyl (C=O) groups is 2. The number of rotatable bonds is 2. The molecule has 6 nitrogen and oxygen atoms in total. The van der Waals surface area contributed by atoms with E-state index in [9.17, 15) is 9.59 Å². The summed E-state index contributed by atoms with van der Waals surface area (Å²) in [6.07, 6.45) is 0. The van der Waals surface area contributed by atoms with Crippen molar-refractivity contribution in [1.82, 2.24) is 4.90 Å². The van der Waals surface area contributed by atoms with E-state index in [0.717, 1.165) is 0 Å². The normalized spacial score (nSPS) is 20.9. The molecule has 1 fully saturated rings. The van der Waals surface area contributed by atoms with Gasteiger partial charge in [0, 0.05) is 25.8 Å². The molecule has 0 aliphatic carbocycles. The second-order valence-electron chi connectivity index (χ2n) is 5.33. The van der Waals surface area contributed by atoms with Crippen LogP contribution in [0.2, 0.25) is 0 Å². The number of nitrogens with zero attached hydrogens (tertiary/aromatic N) is 3. The highest BCUT2D eigenvalue weighted by molar-refractivity contribution is 5.92. The van der Waals surface area contributed by atoms with Crippen LogP contribution in [0.25, 0.3) is 0 Å². The summed E-state index contributed by atoms with van der Waals surface area (Å²) in [6.45, 7) is 2.48. The Hall–Kier alpha value is -2.55. The van der Waals surface area contributed by atoms with E-state index in [1.165, 1.54) is 4.90 Å². The summed E-state index contributed by atoms with van der Waals surface area (Å²) >= 11 is 0. The average molecular weight is 287 g/mol. The largest absolute Gasteiger partial charge is 0.481 e. The van der Waals surface area contributed by atoms with Crippen molar-refractivity contribution in [3.8, 4) is 6.07 Å². The van der Waals surface area contributed by atoms with Gasteiger partial charge in [0.05, 0.1) is 17.6 Å². The van der Waals surface area contributed by atoms with Crippen molar-refractivity contribution in [3.63, 3.8) is 0 Å². The number of hydrogen-bond acceptors (Lipinski definition) is 3. The lowest BCUT2D eigenvalue weighted by Crippen LogP contribution is -2.40. The summed E-state index contributed by atoms with van der Waals surface area (Å²) in [5.74, 6) is -1.45. The minimum absolute atomic E-state index is 0.0645. The molecule has 0 aromatic heterocycles. The molecule has 1 heterocycles. The van der Waals surface area contributed by atoms with Crippen molar-refractivity contribution < 1.29 is 14.7 Å². The van der Waals surface area contributed by atoms with Crippen molar-refractivity contribution in [1.29, 1.82) is 5.26 Å². The van der Waals surface area contributed by atoms with Crippen LogP contribution in [0.1, 0.15) is 12.5 Å². The summed E-state index contributed by atoms with van der Waals surface area (Å²) in [4.78, 5) is 26.5. The van der Waals surface area contributed by atoms with Gasteiger partial charge in [-0.05, 0) is 24.1 Å². The highest BCUT2D eigenvalue weighted by Gasteiger charge is 2.38. The molecule has 2 rings (SSSR count). The van der Waals surface area contributed by atoms with E-state index < -0.39 is 11.9 Å². The lowest BCUT2D eigenvalue weighted by Gasteiger charge is -2.24. The molecule has 0 saturated carbocycles. The van der Waals surface area contributed by atoms with Crippen molar-refractivity contribution in [3.05, 3.63) is 29.8 Å². The predicted octanol–water partition coefficient (Wildman–Crippen LogP) is 1.77. The molecule has 0 radical (unpaired) electrons. The molecule has 2 amide bonds. The standard InChI is InChI=1S/C15H17N3O3/c1-10-8-18(9-13(10)14(19)20)15(21)17(2)12-5-3-4-11(6-12)7-16/h3-6,10,13H,8-9H2,1-2H3,(H,19,20). The van der Waals surface area contributed by atoms with Crippen LogP contribution in [0.3, 0.4) is 0 Å². The molecule has 0 bridgehead atoms. The molecule has 1 aliphatic heterocycles. The quantitative estimate of drug-likeness (QED) is 0.898. The topological polar surface area (TPSA) is 84.6 Å². The fourth-order valence-corrected chi connectivity index (χ4v) is 2.55. The first-order chi connectivity index (χ1) is 9.93. The van der Waals surface area contributed by atoms with Gasteiger partial charge >= 0.3 is 12.0 Å². The van der Waals surface area contributed by atoms with E-state index >= 15 is 0 Å². The van der Waals surface area contributed by atoms with E-state index in [-0.39, 0.29) is 18.5 Å². The minimum Gasteiger partial charge on any atom is -0.481 e. The Kier molecular flexibility index (Phi) is 4.13. The maximum atomic E-state index is 12.4. The Morgan fingerprint density at radius 1 is 1.43 bits per heavy atom. The number of anilines is 1. The average Bonchev–Trinajstić information content (AvgIpc) is 2.88. The highest BCUT2D eigenvalue weighted by atomic mass is 16.4. The van der Waals surface area contributed by atoms with Crippen molar-refractivity contribution in [2.45, 2.75) is 6.92 Å². The number of aliphatic carboxylic acids is 1. The van der Waals surface area contributed by atoms with Gasteiger partial charge in [0.15, 0.2) is 0 Å². The first kappa shape index (κ1) is 14.9. The van der Waals surface area contributed by atoms with E-state index in [1.54, 1.807) is 36.2 Å². The van der Waals surface area contributed by atoms with Gasteiger partial charge in [0.25, 0.3) is 0 Å². The fraction of sp³-hybridized carbons (Fsp3) is 0.400. The first-order valence-corrected chi connectivity index (χ1v) is 6.69. The third-order valence-corrected chi connectivity index (χ3v) is 3.85. The van der Waals surface area contributed by atoms with Gasteiger partial charge in [-0.25, -0.2) is 4.79 Å². The molecule has 1 aromatic rings. The van der Waals surface area contributed by atoms with Crippen LogP contribution in [-0.4, -0.2) is 42.1 Å². The Balaban J connectivity index is 2.13. The van der Waals surface area contributed by atoms with Crippen LogP contribution in [-0.2, 0) is 4.79 Å². The second kappa shape index (κ2) is 5.83. The zero-order valence-electron chi connectivity index (χ0n) is 12.0. The van der Waals surface area contributed by atoms with Crippen LogP contribution < -0.4 is 4.90 Å². The Labute approximate surface area is 123 Å². The molecule has 1 aromatic carbocycles. The summed E-state index contributed by atoms with van der Waals surface area (Å²) in [5.41, 5.74) is 1.09. The van der Waals surface area contributed by atoms with Gasteiger partial charge in [0.2, 0.25) is 0 Å². The molecule has 1 aliphatic rings. The summed E-state index contributed by atoms with van der Waals surface area (Å²) in [6, 6.07) is 8.53. The molecule has 0 spiro atoms. The van der Waals surface area contributed by atoms with E-state index in [0.29, 0.717) is 17.8 Å². The Bertz CT molecular complexity index is 608. The SMILES string of the molecule is CC1CN(C(=O)N(C)c2cccc(C#N)c2)CC1C(=O)O. The molecule has 110 valence electrons. The molecular formula is C15H17N3O3. The van der Waals surface area contributed by atoms with Crippen molar-refractivity contribution in [2.24, 2.45) is 11.8 Å². The fourth-order valence-electron chi connectivity index (χ4n) is 2.55. The van der Waals surface area contributed by atoms with E-state index in [2.05, 4.69) is 0 Å². The van der Waals surface area contributed by atoms with Gasteiger partial charge < -0.3 is 10.0 Å². The lowest BCUT2D eigenvalue weighted by atomic mass is 9.99. The van der Waals surface area contributed by atoms with Gasteiger partial charge in [-0.3, -0.25) is 9.69 Å². The maximum absolute atomic E-state index is 12.4. The molecule has 21 heavy (non-hydrogen) atoms. The minimum atomic E-state index is -0.869. The molecule has 2 unspecified atom stereocenters. The molecular weight excluding hydrogens is 270 g/mol. The third-order valence-electron chi connectivity index (χ3n) is 3.85. The number of nitriles is 1. The smallest absolute Gasteiger partial charge is 0.324 e. The van der Waals surface area contributed by atoms with E-state index in [1.807, 2.05) is 13.0 Å². The van der Waals surface area contributed by atoms with Crippen LogP contribution in [0, 0.1) is 23.2 Å². The third kappa shape index (κ3) is 2.97. The summed E-state index contributed by atoms with van der Waals surface area (Å²) < 4.78 is 0. The number of likely N-dealkylation sites (tertiary alicyclic amines) is 1. The second-order valence-corrected chi connectivity index (χ2v) is 5.33. The first-order valence-electron chi connectivity index (χ1n) is 6.69. The number of urea groups is 1. The predicted molar refractivity (Wildman–Crippen MR) is 76.8 cm³/mol. The zero-order chi connectivity index (χ0) is 15.6. The van der Waals surface area contributed by atoms with Crippen LogP contribution in [0.4, 0.5) is 10.5 Å². The number of amides is 2. The van der Waals surface area contributed by atoms with Crippen LogP contribution >= 0.6 is 0 Å². The Morgan fingerprint density at radius 2 is 2.14 bits per heavy atom. The van der Waals surface area contributed by atoms with Gasteiger partial charge in [-0.1, -0.05) is 13.0 Å². The molecule has 1 N–H and O–H groups in total. The van der Waals surface area contributed by atoms with Gasteiger partial charge in [-0.15, -0.1) is 0 Å². The molecule has 2 atom stereocenters. The van der Waals surface area contributed by atoms with Crippen LogP contribution in [0.5, 0.6) is 0 Å². The van der Waals surface area contributed by atoms with Gasteiger partial charge in [-0.2, -0.15) is 5.26 Å².